The van der Waals surface area contributed by atoms with Gasteiger partial charge in [-0.1, -0.05) is 18.3 Å². The van der Waals surface area contributed by atoms with Crippen LogP contribution in [0.4, 0.5) is 0 Å². The van der Waals surface area contributed by atoms with Crippen LogP contribution in [0, 0.1) is 0 Å². The lowest BCUT2D eigenvalue weighted by atomic mass is 10.3. The van der Waals surface area contributed by atoms with Crippen LogP contribution in [-0.4, -0.2) is 27.8 Å². The molecule has 0 amide bonds. The first-order valence-corrected chi connectivity index (χ1v) is 7.27. The van der Waals surface area contributed by atoms with Crippen molar-refractivity contribution < 1.29 is 4.74 Å². The second-order valence-corrected chi connectivity index (χ2v) is 5.42. The Labute approximate surface area is 112 Å². The van der Waals surface area contributed by atoms with Gasteiger partial charge in [-0.2, -0.15) is 4.98 Å². The van der Waals surface area contributed by atoms with Crippen LogP contribution in [0.2, 0.25) is 5.28 Å². The van der Waals surface area contributed by atoms with E-state index in [1.807, 2.05) is 13.2 Å². The molecule has 0 N–H and O–H groups in total. The minimum Gasteiger partial charge on any atom is -0.492 e. The molecular weight excluding hydrogens is 278 g/mol. The highest BCUT2D eigenvalue weighted by molar-refractivity contribution is 8.00. The van der Waals surface area contributed by atoms with Crippen molar-refractivity contribution in [3.05, 3.63) is 17.6 Å². The molecular formula is C10H10ClN3OS2. The number of rotatable bonds is 4. The van der Waals surface area contributed by atoms with Gasteiger partial charge in [-0.25, -0.2) is 9.97 Å². The van der Waals surface area contributed by atoms with E-state index in [1.165, 1.54) is 11.3 Å². The number of hydrogen-bond acceptors (Lipinski definition) is 6. The highest BCUT2D eigenvalue weighted by Crippen LogP contribution is 2.32. The molecule has 17 heavy (non-hydrogen) atoms. The molecule has 2 rings (SSSR count). The van der Waals surface area contributed by atoms with Crippen molar-refractivity contribution in [2.24, 2.45) is 0 Å². The first kappa shape index (κ1) is 12.6. The molecule has 0 aliphatic carbocycles. The van der Waals surface area contributed by atoms with E-state index < -0.39 is 0 Å². The van der Waals surface area contributed by atoms with E-state index in [2.05, 4.69) is 21.5 Å². The highest BCUT2D eigenvalue weighted by Gasteiger charge is 2.15. The van der Waals surface area contributed by atoms with Gasteiger partial charge in [0, 0.05) is 0 Å². The van der Waals surface area contributed by atoms with Gasteiger partial charge in [-0.15, -0.1) is 11.3 Å². The third-order valence-corrected chi connectivity index (χ3v) is 4.17. The summed E-state index contributed by atoms with van der Waals surface area (Å²) in [7, 11) is 0. The second kappa shape index (κ2) is 5.20. The monoisotopic (exact) mass is 287 g/mol. The molecule has 7 heteroatoms. The lowest BCUT2D eigenvalue weighted by molar-refractivity contribution is 0.298. The van der Waals surface area contributed by atoms with Gasteiger partial charge in [-0.05, 0) is 24.8 Å². The maximum atomic E-state index is 5.86. The number of nitrogens with zero attached hydrogens (tertiary/aromatic N) is 3. The summed E-state index contributed by atoms with van der Waals surface area (Å²) >= 11 is 8.93. The Bertz CT molecular complexity index is 570. The van der Waals surface area contributed by atoms with E-state index in [1.54, 1.807) is 11.8 Å². The minimum atomic E-state index is 0.159. The van der Waals surface area contributed by atoms with Crippen molar-refractivity contribution in [2.45, 2.75) is 11.3 Å². The van der Waals surface area contributed by atoms with Crippen molar-refractivity contribution >= 4 is 50.8 Å². The maximum absolute atomic E-state index is 5.86. The van der Waals surface area contributed by atoms with E-state index in [0.717, 1.165) is 9.04 Å². The molecule has 0 fully saturated rings. The van der Waals surface area contributed by atoms with Gasteiger partial charge < -0.3 is 4.74 Å². The number of fused-ring (bicyclic) bond motifs is 1. The van der Waals surface area contributed by atoms with Crippen molar-refractivity contribution in [1.29, 1.82) is 0 Å². The van der Waals surface area contributed by atoms with E-state index >= 15 is 0 Å². The van der Waals surface area contributed by atoms with Gasteiger partial charge in [0.15, 0.2) is 9.99 Å². The molecule has 0 unspecified atom stereocenters. The Morgan fingerprint density at radius 2 is 2.24 bits per heavy atom. The van der Waals surface area contributed by atoms with Gasteiger partial charge in [-0.3, -0.25) is 0 Å². The first-order valence-electron chi connectivity index (χ1n) is 4.85. The molecule has 0 aromatic carbocycles. The van der Waals surface area contributed by atoms with E-state index in [9.17, 15) is 0 Å². The average molecular weight is 288 g/mol. The Hall–Kier alpha value is -0.850. The zero-order chi connectivity index (χ0) is 12.4. The number of thiazole rings is 1. The molecule has 2 heterocycles. The predicted molar refractivity (Wildman–Crippen MR) is 72.7 cm³/mol. The summed E-state index contributed by atoms with van der Waals surface area (Å²) in [6, 6.07) is 0. The summed E-state index contributed by atoms with van der Waals surface area (Å²) < 4.78 is 7.14. The van der Waals surface area contributed by atoms with Crippen molar-refractivity contribution in [2.75, 3.05) is 12.9 Å². The van der Waals surface area contributed by atoms with Crippen LogP contribution < -0.4 is 0 Å². The quantitative estimate of drug-likeness (QED) is 0.489. The van der Waals surface area contributed by atoms with Crippen LogP contribution in [0.25, 0.3) is 16.1 Å². The predicted octanol–water partition coefficient (Wildman–Crippen LogP) is 3.47. The topological polar surface area (TPSA) is 47.9 Å². The molecule has 0 spiro atoms. The molecule has 0 atom stereocenters. The summed E-state index contributed by atoms with van der Waals surface area (Å²) in [5.41, 5.74) is 1.22. The Morgan fingerprint density at radius 3 is 2.88 bits per heavy atom. The van der Waals surface area contributed by atoms with Crippen LogP contribution in [0.1, 0.15) is 12.6 Å². The highest BCUT2D eigenvalue weighted by atomic mass is 35.5. The largest absolute Gasteiger partial charge is 0.492 e. The fourth-order valence-corrected chi connectivity index (χ4v) is 2.97. The molecule has 2 aromatic heterocycles. The Morgan fingerprint density at radius 1 is 1.47 bits per heavy atom. The number of halogens is 1. The molecule has 2 aromatic rings. The van der Waals surface area contributed by atoms with Gasteiger partial charge >= 0.3 is 0 Å². The fraction of sp³-hybridized carbons (Fsp3) is 0.300. The van der Waals surface area contributed by atoms with Crippen LogP contribution >= 0.6 is 34.7 Å². The molecule has 0 bridgehead atoms. The maximum Gasteiger partial charge on any atom is 0.225 e. The van der Waals surface area contributed by atoms with Crippen LogP contribution in [0.3, 0.4) is 0 Å². The second-order valence-electron chi connectivity index (χ2n) is 3.03. The van der Waals surface area contributed by atoms with Gasteiger partial charge in [0.25, 0.3) is 0 Å². The molecule has 0 radical (unpaired) electrons. The summed E-state index contributed by atoms with van der Waals surface area (Å²) in [6.07, 6.45) is 1.96. The van der Waals surface area contributed by atoms with E-state index in [0.29, 0.717) is 23.7 Å². The average Bonchev–Trinajstić information content (AvgIpc) is 2.70. The number of ether oxygens (including phenoxy) is 1. The van der Waals surface area contributed by atoms with E-state index in [-0.39, 0.29) is 5.28 Å². The Kier molecular flexibility index (Phi) is 3.86. The zero-order valence-corrected chi connectivity index (χ0v) is 11.7. The molecule has 90 valence electrons. The standard InChI is InChI=1S/C10H10ClN3OS2/c1-4-15-5(2)6-7-8(13-9(11)12-6)14-10(16-3)17-7/h2,4H2,1,3H3. The SMILES string of the molecule is C=C(OCC)c1nc(Cl)nc2nc(SC)sc12. The van der Waals surface area contributed by atoms with Crippen molar-refractivity contribution in [1.82, 2.24) is 15.0 Å². The molecule has 4 nitrogen and oxygen atoms in total. The van der Waals surface area contributed by atoms with E-state index in [4.69, 9.17) is 16.3 Å². The molecule has 0 aliphatic rings. The van der Waals surface area contributed by atoms with Crippen molar-refractivity contribution in [3.63, 3.8) is 0 Å². The van der Waals surface area contributed by atoms with Crippen molar-refractivity contribution in [3.8, 4) is 0 Å². The summed E-state index contributed by atoms with van der Waals surface area (Å²) in [5.74, 6) is 0.498. The normalized spacial score (nSPS) is 10.8. The van der Waals surface area contributed by atoms with Gasteiger partial charge in [0.05, 0.1) is 6.61 Å². The van der Waals surface area contributed by atoms with Gasteiger partial charge in [0.1, 0.15) is 16.2 Å². The first-order chi connectivity index (χ1) is 8.15. The molecule has 0 saturated heterocycles. The summed E-state index contributed by atoms with van der Waals surface area (Å²) in [5, 5.41) is 0.159. The van der Waals surface area contributed by atoms with Crippen LogP contribution in [-0.2, 0) is 4.74 Å². The number of thioether (sulfide) groups is 1. The fourth-order valence-electron chi connectivity index (χ4n) is 1.30. The number of hydrogen-bond donors (Lipinski definition) is 0. The number of aromatic nitrogens is 3. The third kappa shape index (κ3) is 2.53. The third-order valence-electron chi connectivity index (χ3n) is 1.96. The minimum absolute atomic E-state index is 0.159. The van der Waals surface area contributed by atoms with Crippen LogP contribution in [0.15, 0.2) is 10.9 Å². The van der Waals surface area contributed by atoms with Crippen LogP contribution in [0.5, 0.6) is 0 Å². The molecule has 0 aliphatic heterocycles. The summed E-state index contributed by atoms with van der Waals surface area (Å²) in [4.78, 5) is 12.6. The smallest absolute Gasteiger partial charge is 0.225 e. The zero-order valence-electron chi connectivity index (χ0n) is 9.36. The summed E-state index contributed by atoms with van der Waals surface area (Å²) in [6.45, 7) is 6.27. The lowest BCUT2D eigenvalue weighted by Gasteiger charge is -2.06. The molecule has 0 saturated carbocycles. The Balaban J connectivity index is 2.60. The lowest BCUT2D eigenvalue weighted by Crippen LogP contribution is -1.96. The van der Waals surface area contributed by atoms with Gasteiger partial charge in [0.2, 0.25) is 5.28 Å².